The molecule has 366 valence electrons. The molecule has 1 heterocycles. The van der Waals surface area contributed by atoms with Crippen molar-refractivity contribution in [3.8, 4) is 0 Å². The molecule has 2 aliphatic rings. The second-order valence-electron chi connectivity index (χ2n) is 19.0. The van der Waals surface area contributed by atoms with Gasteiger partial charge >= 0.3 is 0 Å². The topological polar surface area (TPSA) is 258 Å². The van der Waals surface area contributed by atoms with Crippen LogP contribution in [0.3, 0.4) is 0 Å². The zero-order valence-corrected chi connectivity index (χ0v) is 39.6. The first-order valence-corrected chi connectivity index (χ1v) is 24.7. The van der Waals surface area contributed by atoms with Crippen molar-refractivity contribution in [1.82, 2.24) is 36.1 Å². The van der Waals surface area contributed by atoms with E-state index in [1.807, 2.05) is 79.1 Å². The molecule has 0 radical (unpaired) electrons. The number of nitrogens with two attached hydrogens (primary N) is 3. The fourth-order valence-corrected chi connectivity index (χ4v) is 9.37. The third-order valence-corrected chi connectivity index (χ3v) is 13.6. The van der Waals surface area contributed by atoms with E-state index in [-0.39, 0.29) is 30.6 Å². The average molecular weight is 925 g/mol. The standard InChI is InChI=1S/C51H76N10O6/c1-3-34(2)45(60-50(66)44(29-37-21-12-6-13-22-37)58-49(65)42(27-35-17-8-4-9-18-35)57-47(63)40(53)25-16-26-52)51(67)59-43(28-36-19-10-5-11-20-36)48(64)56-41(46(54)62)30-39-32-61(33-55-39)31-38-23-14-7-15-24-38/h5,7,10-11,14-15,19-20,23-24,32-35,37,40-45H,3-4,6,8-9,12-13,16-18,21-22,25-31,52-53H2,1-2H3,(H2,54,62)(H,56,64)(H,57,63)(H,58,65)(H,59,67)(H,60,66)/t34-,40-,41-,42-,43+,44-,45-/m0/s1. The highest BCUT2D eigenvalue weighted by Gasteiger charge is 2.36. The number of rotatable bonds is 26. The molecule has 1 aromatic heterocycles. The second-order valence-corrected chi connectivity index (χ2v) is 19.0. The van der Waals surface area contributed by atoms with E-state index in [1.54, 1.807) is 12.5 Å². The monoisotopic (exact) mass is 925 g/mol. The summed E-state index contributed by atoms with van der Waals surface area (Å²) in [6.45, 7) is 4.71. The van der Waals surface area contributed by atoms with Gasteiger partial charge in [-0.1, -0.05) is 145 Å². The first-order valence-electron chi connectivity index (χ1n) is 24.7. The molecular weight excluding hydrogens is 849 g/mol. The van der Waals surface area contributed by atoms with E-state index in [1.165, 1.54) is 0 Å². The maximum Gasteiger partial charge on any atom is 0.243 e. The minimum Gasteiger partial charge on any atom is -0.368 e. The molecule has 0 spiro atoms. The van der Waals surface area contributed by atoms with Gasteiger partial charge in [0.05, 0.1) is 18.1 Å². The Labute approximate surface area is 396 Å². The maximum absolute atomic E-state index is 14.6. The molecule has 2 aromatic carbocycles. The highest BCUT2D eigenvalue weighted by Crippen LogP contribution is 2.29. The average Bonchev–Trinajstić information content (AvgIpc) is 3.78. The molecule has 6 amide bonds. The molecule has 7 atom stereocenters. The lowest BCUT2D eigenvalue weighted by atomic mass is 9.83. The predicted molar refractivity (Wildman–Crippen MR) is 259 cm³/mol. The SMILES string of the molecule is CC[C@H](C)[C@H](NC(=O)[C@H](CC1CCCCC1)NC(=O)[C@H](CC1CCCCC1)NC(=O)[C@@H](N)CCCN)C(=O)N[C@H](Cc1ccccc1)C(=O)N[C@@H](Cc1cn(Cc2ccccc2)cn1)C(N)=O. The largest absolute Gasteiger partial charge is 0.368 e. The van der Waals surface area contributed by atoms with Crippen LogP contribution in [0.25, 0.3) is 0 Å². The number of primary amides is 1. The van der Waals surface area contributed by atoms with Crippen LogP contribution in [0.15, 0.2) is 73.2 Å². The summed E-state index contributed by atoms with van der Waals surface area (Å²) in [4.78, 5) is 88.3. The summed E-state index contributed by atoms with van der Waals surface area (Å²) in [7, 11) is 0. The van der Waals surface area contributed by atoms with Crippen LogP contribution in [0.4, 0.5) is 0 Å². The zero-order chi connectivity index (χ0) is 48.1. The van der Waals surface area contributed by atoms with E-state index >= 15 is 0 Å². The molecule has 0 unspecified atom stereocenters. The summed E-state index contributed by atoms with van der Waals surface area (Å²) in [6.07, 6.45) is 15.9. The van der Waals surface area contributed by atoms with Crippen molar-refractivity contribution in [1.29, 1.82) is 0 Å². The summed E-state index contributed by atoms with van der Waals surface area (Å²) in [5.41, 5.74) is 20.1. The van der Waals surface area contributed by atoms with Crippen molar-refractivity contribution >= 4 is 35.4 Å². The van der Waals surface area contributed by atoms with Crippen LogP contribution in [0.1, 0.15) is 127 Å². The molecule has 11 N–H and O–H groups in total. The minimum atomic E-state index is -1.16. The van der Waals surface area contributed by atoms with Gasteiger partial charge in [-0.25, -0.2) is 4.98 Å². The lowest BCUT2D eigenvalue weighted by Crippen LogP contribution is -2.61. The summed E-state index contributed by atoms with van der Waals surface area (Å²) in [5.74, 6) is -3.38. The first kappa shape index (κ1) is 52.4. The number of nitrogens with zero attached hydrogens (tertiary/aromatic N) is 2. The molecule has 0 bridgehead atoms. The summed E-state index contributed by atoms with van der Waals surface area (Å²) in [6, 6.07) is 12.9. The Morgan fingerprint density at radius 1 is 0.657 bits per heavy atom. The van der Waals surface area contributed by atoms with Gasteiger partial charge in [-0.2, -0.15) is 0 Å². The fraction of sp³-hybridized carbons (Fsp3) is 0.588. The third-order valence-electron chi connectivity index (χ3n) is 13.6. The number of hydrogen-bond acceptors (Lipinski definition) is 9. The molecule has 5 rings (SSSR count). The number of nitrogens with one attached hydrogen (secondary N) is 5. The van der Waals surface area contributed by atoms with E-state index in [0.29, 0.717) is 50.9 Å². The molecule has 0 aliphatic heterocycles. The molecule has 16 nitrogen and oxygen atoms in total. The fourth-order valence-electron chi connectivity index (χ4n) is 9.37. The van der Waals surface area contributed by atoms with Crippen molar-refractivity contribution in [2.45, 2.75) is 166 Å². The Morgan fingerprint density at radius 2 is 1.16 bits per heavy atom. The van der Waals surface area contributed by atoms with Crippen molar-refractivity contribution in [2.24, 2.45) is 35.0 Å². The predicted octanol–water partition coefficient (Wildman–Crippen LogP) is 3.68. The summed E-state index contributed by atoms with van der Waals surface area (Å²) in [5, 5.41) is 14.6. The van der Waals surface area contributed by atoms with Crippen LogP contribution in [0, 0.1) is 17.8 Å². The Balaban J connectivity index is 1.34. The molecule has 16 heteroatoms. The van der Waals surface area contributed by atoms with Crippen LogP contribution in [-0.4, -0.2) is 87.8 Å². The smallest absolute Gasteiger partial charge is 0.243 e. The lowest BCUT2D eigenvalue weighted by molar-refractivity contribution is -0.136. The molecule has 3 aromatic rings. The number of amides is 6. The van der Waals surface area contributed by atoms with Crippen LogP contribution in [0.5, 0.6) is 0 Å². The van der Waals surface area contributed by atoms with Gasteiger partial charge in [0.15, 0.2) is 0 Å². The summed E-state index contributed by atoms with van der Waals surface area (Å²) < 4.78 is 1.88. The number of imidazole rings is 1. The quantitative estimate of drug-likeness (QED) is 0.0584. The maximum atomic E-state index is 14.6. The molecule has 0 saturated heterocycles. The van der Waals surface area contributed by atoms with Gasteiger partial charge < -0.3 is 48.4 Å². The highest BCUT2D eigenvalue weighted by molar-refractivity contribution is 5.96. The van der Waals surface area contributed by atoms with Gasteiger partial charge in [0.1, 0.15) is 30.2 Å². The minimum absolute atomic E-state index is 0.0286. The number of aromatic nitrogens is 2. The second kappa shape index (κ2) is 27.3. The first-order chi connectivity index (χ1) is 32.3. The van der Waals surface area contributed by atoms with Crippen LogP contribution < -0.4 is 43.8 Å². The van der Waals surface area contributed by atoms with Crippen LogP contribution in [0.2, 0.25) is 0 Å². The van der Waals surface area contributed by atoms with Crippen LogP contribution >= 0.6 is 0 Å². The molecule has 67 heavy (non-hydrogen) atoms. The van der Waals surface area contributed by atoms with E-state index in [0.717, 1.165) is 75.3 Å². The Bertz CT molecular complexity index is 2020. The number of hydrogen-bond donors (Lipinski definition) is 8. The number of carbonyl (C=O) groups is 6. The van der Waals surface area contributed by atoms with Crippen molar-refractivity contribution in [3.63, 3.8) is 0 Å². The van der Waals surface area contributed by atoms with E-state index < -0.39 is 71.7 Å². The normalized spacial score (nSPS) is 17.7. The molecular formula is C51H76N10O6. The Hall–Kier alpha value is -5.61. The van der Waals surface area contributed by atoms with Gasteiger partial charge in [0, 0.05) is 25.6 Å². The van der Waals surface area contributed by atoms with Gasteiger partial charge in [0.2, 0.25) is 35.4 Å². The van der Waals surface area contributed by atoms with E-state index in [2.05, 4.69) is 31.6 Å². The molecule has 2 aliphatic carbocycles. The molecule has 2 fully saturated rings. The van der Waals surface area contributed by atoms with Crippen molar-refractivity contribution in [3.05, 3.63) is 90.0 Å². The Morgan fingerprint density at radius 3 is 1.72 bits per heavy atom. The van der Waals surface area contributed by atoms with Gasteiger partial charge in [0.25, 0.3) is 0 Å². The van der Waals surface area contributed by atoms with Crippen molar-refractivity contribution in [2.75, 3.05) is 6.54 Å². The van der Waals surface area contributed by atoms with Crippen LogP contribution in [-0.2, 0) is 48.2 Å². The van der Waals surface area contributed by atoms with Gasteiger partial charge in [-0.05, 0) is 61.1 Å². The van der Waals surface area contributed by atoms with E-state index in [4.69, 9.17) is 17.2 Å². The third kappa shape index (κ3) is 17.2. The Kier molecular flexibility index (Phi) is 21.3. The van der Waals surface area contributed by atoms with Gasteiger partial charge in [-0.15, -0.1) is 0 Å². The number of benzene rings is 2. The molecule has 2 saturated carbocycles. The zero-order valence-electron chi connectivity index (χ0n) is 39.6. The number of carbonyl (C=O) groups excluding carboxylic acids is 6. The van der Waals surface area contributed by atoms with Crippen molar-refractivity contribution < 1.29 is 28.8 Å². The van der Waals surface area contributed by atoms with Gasteiger partial charge in [-0.3, -0.25) is 28.8 Å². The van der Waals surface area contributed by atoms with E-state index in [9.17, 15) is 28.8 Å². The highest BCUT2D eigenvalue weighted by atomic mass is 16.2. The summed E-state index contributed by atoms with van der Waals surface area (Å²) >= 11 is 0. The lowest BCUT2D eigenvalue weighted by Gasteiger charge is -2.32.